The molecule has 33 heavy (non-hydrogen) atoms. The number of benzene rings is 3. The molecule has 3 aromatic carbocycles. The van der Waals surface area contributed by atoms with Crippen LogP contribution in [0.2, 0.25) is 0 Å². The van der Waals surface area contributed by atoms with Gasteiger partial charge in [0.25, 0.3) is 0 Å². The monoisotopic (exact) mass is 555 g/mol. The van der Waals surface area contributed by atoms with E-state index in [1.54, 1.807) is 0 Å². The Balaban J connectivity index is 1.97. The number of rotatable bonds is 9. The van der Waals surface area contributed by atoms with Crippen molar-refractivity contribution in [3.63, 3.8) is 0 Å². The molecule has 170 valence electrons. The number of fused-ring (bicyclic) bond motifs is 3. The molecule has 0 bridgehead atoms. The molecule has 4 rings (SSSR count). The molecular weight excluding hydrogens is 529 g/mol. The Morgan fingerprint density at radius 2 is 1.61 bits per heavy atom. The number of halogens is 1. The smallest absolute Gasteiger partial charge is 0.329 e. The van der Waals surface area contributed by atoms with E-state index < -0.39 is 23.9 Å². The SMILES string of the molecule is C[C@](CC(=O)O)(C(=O)O)N(CCCI)c1cccc2c1C(c1ccccc1)c1ccccc1-2. The van der Waals surface area contributed by atoms with E-state index in [9.17, 15) is 19.8 Å². The third-order valence-corrected chi connectivity index (χ3v) is 7.19. The van der Waals surface area contributed by atoms with Crippen LogP contribution in [0.5, 0.6) is 0 Å². The lowest BCUT2D eigenvalue weighted by Gasteiger charge is -2.40. The Bertz CT molecular complexity index is 1180. The number of carboxylic acid groups (broad SMARTS) is 2. The van der Waals surface area contributed by atoms with Crippen molar-refractivity contribution >= 4 is 40.2 Å². The van der Waals surface area contributed by atoms with Gasteiger partial charge >= 0.3 is 11.9 Å². The second-order valence-corrected chi connectivity index (χ2v) is 9.59. The molecule has 0 aliphatic heterocycles. The Kier molecular flexibility index (Phi) is 6.74. The molecule has 5 nitrogen and oxygen atoms in total. The van der Waals surface area contributed by atoms with Crippen molar-refractivity contribution in [2.75, 3.05) is 15.9 Å². The quantitative estimate of drug-likeness (QED) is 0.202. The zero-order valence-electron chi connectivity index (χ0n) is 18.4. The first kappa shape index (κ1) is 23.3. The Hall–Kier alpha value is -2.87. The summed E-state index contributed by atoms with van der Waals surface area (Å²) < 4.78 is 0.842. The number of carbonyl (C=O) groups is 2. The molecule has 1 aliphatic carbocycles. The molecule has 0 radical (unpaired) electrons. The van der Waals surface area contributed by atoms with Crippen LogP contribution in [0.25, 0.3) is 11.1 Å². The number of hydrogen-bond acceptors (Lipinski definition) is 3. The second kappa shape index (κ2) is 9.55. The fourth-order valence-corrected chi connectivity index (χ4v) is 5.24. The highest BCUT2D eigenvalue weighted by molar-refractivity contribution is 14.1. The van der Waals surface area contributed by atoms with Crippen LogP contribution in [0, 0.1) is 0 Å². The third-order valence-electron chi connectivity index (χ3n) is 6.42. The van der Waals surface area contributed by atoms with Gasteiger partial charge in [-0.1, -0.05) is 89.3 Å². The topological polar surface area (TPSA) is 77.8 Å². The number of anilines is 1. The van der Waals surface area contributed by atoms with Crippen LogP contribution in [0.1, 0.15) is 42.4 Å². The lowest BCUT2D eigenvalue weighted by atomic mass is 9.86. The number of nitrogens with zero attached hydrogens (tertiary/aromatic N) is 1. The molecule has 2 atom stereocenters. The lowest BCUT2D eigenvalue weighted by Crippen LogP contribution is -2.55. The van der Waals surface area contributed by atoms with E-state index in [-0.39, 0.29) is 5.92 Å². The van der Waals surface area contributed by atoms with Gasteiger partial charge in [-0.3, -0.25) is 4.79 Å². The fourth-order valence-electron chi connectivity index (χ4n) is 4.90. The van der Waals surface area contributed by atoms with Gasteiger partial charge in [0, 0.05) is 22.6 Å². The lowest BCUT2D eigenvalue weighted by molar-refractivity contribution is -0.149. The molecule has 0 saturated carbocycles. The van der Waals surface area contributed by atoms with Gasteiger partial charge in [0.1, 0.15) is 5.54 Å². The number of carboxylic acids is 2. The van der Waals surface area contributed by atoms with E-state index in [1.807, 2.05) is 47.4 Å². The maximum Gasteiger partial charge on any atom is 0.329 e. The van der Waals surface area contributed by atoms with E-state index >= 15 is 0 Å². The first-order chi connectivity index (χ1) is 15.9. The minimum atomic E-state index is -1.58. The third kappa shape index (κ3) is 4.24. The van der Waals surface area contributed by atoms with E-state index in [1.165, 1.54) is 12.5 Å². The molecule has 0 saturated heterocycles. The van der Waals surface area contributed by atoms with Crippen LogP contribution in [-0.2, 0) is 9.59 Å². The van der Waals surface area contributed by atoms with Crippen molar-refractivity contribution in [2.45, 2.75) is 31.2 Å². The molecule has 0 aromatic heterocycles. The molecular formula is C27H26INO4. The molecule has 1 unspecified atom stereocenters. The summed E-state index contributed by atoms with van der Waals surface area (Å²) in [7, 11) is 0. The highest BCUT2D eigenvalue weighted by Crippen LogP contribution is 2.52. The van der Waals surface area contributed by atoms with Crippen molar-refractivity contribution in [3.05, 3.63) is 89.5 Å². The van der Waals surface area contributed by atoms with Gasteiger partial charge in [-0.2, -0.15) is 0 Å². The first-order valence-electron chi connectivity index (χ1n) is 10.9. The molecule has 0 amide bonds. The fraction of sp³-hybridized carbons (Fsp3) is 0.259. The summed E-state index contributed by atoms with van der Waals surface area (Å²) in [6, 6.07) is 24.4. The Morgan fingerprint density at radius 3 is 2.27 bits per heavy atom. The summed E-state index contributed by atoms with van der Waals surface area (Å²) >= 11 is 2.27. The summed E-state index contributed by atoms with van der Waals surface area (Å²) in [6.45, 7) is 1.98. The highest BCUT2D eigenvalue weighted by atomic mass is 127. The average Bonchev–Trinajstić information content (AvgIpc) is 3.14. The maximum atomic E-state index is 12.5. The first-order valence-corrected chi connectivity index (χ1v) is 12.5. The Labute approximate surface area is 207 Å². The van der Waals surface area contributed by atoms with E-state index in [0.717, 1.165) is 38.8 Å². The summed E-state index contributed by atoms with van der Waals surface area (Å²) in [5.74, 6) is -2.32. The summed E-state index contributed by atoms with van der Waals surface area (Å²) in [5.41, 5.74) is 4.75. The highest BCUT2D eigenvalue weighted by Gasteiger charge is 2.44. The number of alkyl halides is 1. The summed E-state index contributed by atoms with van der Waals surface area (Å²) in [5, 5.41) is 19.8. The maximum absolute atomic E-state index is 12.5. The normalized spacial score (nSPS) is 15.9. The summed E-state index contributed by atoms with van der Waals surface area (Å²) in [6.07, 6.45) is 0.256. The van der Waals surface area contributed by atoms with Gasteiger partial charge in [0.05, 0.1) is 6.42 Å². The van der Waals surface area contributed by atoms with Gasteiger partial charge in [0.15, 0.2) is 0 Å². The van der Waals surface area contributed by atoms with Gasteiger partial charge in [-0.25, -0.2) is 4.79 Å². The molecule has 2 N–H and O–H groups in total. The van der Waals surface area contributed by atoms with Crippen LogP contribution >= 0.6 is 22.6 Å². The van der Waals surface area contributed by atoms with Crippen LogP contribution in [0.3, 0.4) is 0 Å². The predicted octanol–water partition coefficient (Wildman–Crippen LogP) is 5.80. The zero-order valence-corrected chi connectivity index (χ0v) is 20.5. The van der Waals surface area contributed by atoms with Gasteiger partial charge in [-0.05, 0) is 47.2 Å². The van der Waals surface area contributed by atoms with Crippen molar-refractivity contribution in [2.24, 2.45) is 0 Å². The van der Waals surface area contributed by atoms with E-state index in [4.69, 9.17) is 0 Å². The molecule has 0 heterocycles. The average molecular weight is 555 g/mol. The number of aliphatic carboxylic acids is 2. The van der Waals surface area contributed by atoms with E-state index in [2.05, 4.69) is 52.9 Å². The molecule has 0 spiro atoms. The summed E-state index contributed by atoms with van der Waals surface area (Å²) in [4.78, 5) is 26.0. The van der Waals surface area contributed by atoms with Crippen molar-refractivity contribution in [1.82, 2.24) is 0 Å². The zero-order chi connectivity index (χ0) is 23.6. The largest absolute Gasteiger partial charge is 0.481 e. The predicted molar refractivity (Wildman–Crippen MR) is 138 cm³/mol. The van der Waals surface area contributed by atoms with Crippen LogP contribution in [0.4, 0.5) is 5.69 Å². The molecule has 3 aromatic rings. The Morgan fingerprint density at radius 1 is 0.939 bits per heavy atom. The van der Waals surface area contributed by atoms with Gasteiger partial charge < -0.3 is 15.1 Å². The van der Waals surface area contributed by atoms with E-state index in [0.29, 0.717) is 6.54 Å². The standard InChI is InChI=1S/C27H26INO4/c1-27(26(32)33,17-23(30)31)29(16-8-15-28)22-14-7-13-21-19-11-5-6-12-20(19)24(25(21)22)18-9-3-2-4-10-18/h2-7,9-14,24H,8,15-17H2,1H3,(H,30,31)(H,32,33)/t24?,27-/m0/s1. The molecule has 1 aliphatic rings. The minimum Gasteiger partial charge on any atom is -0.481 e. The molecule has 6 heteroatoms. The van der Waals surface area contributed by atoms with Crippen molar-refractivity contribution in [1.29, 1.82) is 0 Å². The van der Waals surface area contributed by atoms with Gasteiger partial charge in [-0.15, -0.1) is 0 Å². The van der Waals surface area contributed by atoms with Crippen LogP contribution in [0.15, 0.2) is 72.8 Å². The van der Waals surface area contributed by atoms with Crippen LogP contribution < -0.4 is 4.90 Å². The number of hydrogen-bond donors (Lipinski definition) is 2. The second-order valence-electron chi connectivity index (χ2n) is 8.51. The van der Waals surface area contributed by atoms with Crippen LogP contribution in [-0.4, -0.2) is 38.7 Å². The minimum absolute atomic E-state index is 0.0569. The van der Waals surface area contributed by atoms with Crippen molar-refractivity contribution < 1.29 is 19.8 Å². The molecule has 0 fully saturated rings. The van der Waals surface area contributed by atoms with Crippen molar-refractivity contribution in [3.8, 4) is 11.1 Å². The van der Waals surface area contributed by atoms with Gasteiger partial charge in [0.2, 0.25) is 0 Å².